The molecule has 0 aromatic carbocycles. The van der Waals surface area contributed by atoms with E-state index in [0.29, 0.717) is 16.8 Å². The van der Waals surface area contributed by atoms with Crippen LogP contribution in [0.1, 0.15) is 13.3 Å². The van der Waals surface area contributed by atoms with Crippen molar-refractivity contribution in [1.82, 2.24) is 0 Å². The van der Waals surface area contributed by atoms with Crippen LogP contribution in [0.15, 0.2) is 0 Å². The van der Waals surface area contributed by atoms with Gasteiger partial charge in [0.15, 0.2) is 6.17 Å². The summed E-state index contributed by atoms with van der Waals surface area (Å²) in [6.07, 6.45) is -8.62. The van der Waals surface area contributed by atoms with Crippen LogP contribution in [0.2, 0.25) is 0 Å². The second-order valence-corrected chi connectivity index (χ2v) is 7.77. The lowest BCUT2D eigenvalue weighted by atomic mass is 10.0. The van der Waals surface area contributed by atoms with Crippen molar-refractivity contribution < 1.29 is 58.3 Å². The largest absolute Gasteiger partial charge is 0.550 e. The van der Waals surface area contributed by atoms with Gasteiger partial charge in [0.25, 0.3) is 0 Å². The van der Waals surface area contributed by atoms with E-state index in [4.69, 9.17) is 0 Å². The number of thioether (sulfide) groups is 1. The third-order valence-electron chi connectivity index (χ3n) is 3.59. The highest BCUT2D eigenvalue weighted by atomic mass is 32.2. The van der Waals surface area contributed by atoms with Gasteiger partial charge in [-0.05, 0) is 6.92 Å². The van der Waals surface area contributed by atoms with E-state index in [-0.39, 0.29) is 20.0 Å². The molecule has 0 aromatic rings. The molecule has 0 fully saturated rings. The fourth-order valence-corrected chi connectivity index (χ4v) is 2.52. The highest BCUT2D eigenvalue weighted by Crippen LogP contribution is 2.50. The van der Waals surface area contributed by atoms with Crippen molar-refractivity contribution in [2.45, 2.75) is 43.7 Å². The third-order valence-corrected chi connectivity index (χ3v) is 4.51. The SMILES string of the molecule is CC(F)C(F)(F)C(F)(F)C(F)(F)C(F)F.C[N+](C)(CCSCCF)CCC(=O)[O-]. The molecule has 176 valence electrons. The standard InChI is InChI=1S/C9H18FNO2S.C6H5F9/c1-11(2,5-3-9(12)13)6-8-14-7-4-10;1-2(7)4(10,11)6(14,15)5(12,13)3(8)9/h3-8H2,1-2H3;2-3H,1H3. The molecule has 0 bridgehead atoms. The molecule has 0 amide bonds. The van der Waals surface area contributed by atoms with Crippen LogP contribution >= 0.6 is 11.8 Å². The number of nitrogens with zero attached hydrogens (tertiary/aromatic N) is 1. The van der Waals surface area contributed by atoms with Crippen LogP contribution < -0.4 is 5.11 Å². The van der Waals surface area contributed by atoms with Crippen LogP contribution in [-0.2, 0) is 4.79 Å². The number of halogens is 10. The first-order valence-electron chi connectivity index (χ1n) is 8.08. The Kier molecular flexibility index (Phi) is 12.6. The molecule has 29 heavy (non-hydrogen) atoms. The summed E-state index contributed by atoms with van der Waals surface area (Å²) < 4.78 is 120. The Labute approximate surface area is 166 Å². The van der Waals surface area contributed by atoms with Gasteiger partial charge in [0.05, 0.1) is 33.9 Å². The van der Waals surface area contributed by atoms with E-state index >= 15 is 0 Å². The molecule has 3 nitrogen and oxygen atoms in total. The number of carboxylic acids is 1. The average Bonchev–Trinajstić information content (AvgIpc) is 2.57. The van der Waals surface area contributed by atoms with Gasteiger partial charge < -0.3 is 14.4 Å². The average molecular weight is 471 g/mol. The summed E-state index contributed by atoms with van der Waals surface area (Å²) in [5, 5.41) is 10.2. The van der Waals surface area contributed by atoms with Crippen LogP contribution in [0.3, 0.4) is 0 Å². The second-order valence-electron chi connectivity index (χ2n) is 6.54. The first kappa shape index (κ1) is 30.3. The maximum atomic E-state index is 12.3. The van der Waals surface area contributed by atoms with E-state index in [1.807, 2.05) is 14.1 Å². The molecule has 0 aliphatic carbocycles. The van der Waals surface area contributed by atoms with Crippen molar-refractivity contribution >= 4 is 17.7 Å². The molecule has 1 unspecified atom stereocenters. The Morgan fingerprint density at radius 2 is 1.45 bits per heavy atom. The summed E-state index contributed by atoms with van der Waals surface area (Å²) in [6, 6.07) is 0. The van der Waals surface area contributed by atoms with E-state index < -0.39 is 36.3 Å². The maximum Gasteiger partial charge on any atom is 0.380 e. The Morgan fingerprint density at radius 3 is 1.79 bits per heavy atom. The van der Waals surface area contributed by atoms with Crippen molar-refractivity contribution in [2.24, 2.45) is 0 Å². The van der Waals surface area contributed by atoms with Crippen molar-refractivity contribution in [3.63, 3.8) is 0 Å². The lowest BCUT2D eigenvalue weighted by Crippen LogP contribution is -2.60. The molecule has 0 radical (unpaired) electrons. The van der Waals surface area contributed by atoms with Gasteiger partial charge in [-0.15, -0.1) is 0 Å². The number of carbonyl (C=O) groups is 1. The zero-order chi connectivity index (χ0) is 23.7. The number of hydrogen-bond acceptors (Lipinski definition) is 3. The van der Waals surface area contributed by atoms with Crippen LogP contribution in [0, 0.1) is 0 Å². The van der Waals surface area contributed by atoms with Crippen molar-refractivity contribution in [3.05, 3.63) is 0 Å². The van der Waals surface area contributed by atoms with E-state index in [1.165, 1.54) is 0 Å². The number of carboxylic acid groups (broad SMARTS) is 1. The van der Waals surface area contributed by atoms with E-state index in [2.05, 4.69) is 0 Å². The fraction of sp³-hybridized carbons (Fsp3) is 0.933. The number of rotatable bonds is 12. The smallest absolute Gasteiger partial charge is 0.380 e. The van der Waals surface area contributed by atoms with E-state index in [1.54, 1.807) is 11.8 Å². The first-order valence-corrected chi connectivity index (χ1v) is 9.23. The lowest BCUT2D eigenvalue weighted by molar-refractivity contribution is -0.887. The molecule has 0 aliphatic heterocycles. The molecule has 0 saturated carbocycles. The molecule has 1 atom stereocenters. The number of hydrogen-bond donors (Lipinski definition) is 0. The van der Waals surface area contributed by atoms with Gasteiger partial charge in [0.2, 0.25) is 0 Å². The summed E-state index contributed by atoms with van der Waals surface area (Å²) in [5.74, 6) is -18.2. The summed E-state index contributed by atoms with van der Waals surface area (Å²) in [6.45, 7) is 1.00. The normalized spacial score (nSPS) is 14.4. The summed E-state index contributed by atoms with van der Waals surface area (Å²) in [4.78, 5) is 10.2. The summed E-state index contributed by atoms with van der Waals surface area (Å²) in [7, 11) is 3.94. The highest BCUT2D eigenvalue weighted by molar-refractivity contribution is 7.99. The van der Waals surface area contributed by atoms with Crippen LogP contribution in [0.5, 0.6) is 0 Å². The highest BCUT2D eigenvalue weighted by Gasteiger charge is 2.77. The molecular weight excluding hydrogens is 448 g/mol. The second kappa shape index (κ2) is 12.1. The number of aliphatic carboxylic acids is 1. The zero-order valence-electron chi connectivity index (χ0n) is 15.8. The van der Waals surface area contributed by atoms with E-state index in [9.17, 15) is 53.8 Å². The molecule has 0 N–H and O–H groups in total. The van der Waals surface area contributed by atoms with E-state index in [0.717, 1.165) is 12.3 Å². The molecule has 0 saturated heterocycles. The van der Waals surface area contributed by atoms with Crippen molar-refractivity contribution in [3.8, 4) is 0 Å². The van der Waals surface area contributed by atoms with Crippen molar-refractivity contribution in [2.75, 3.05) is 45.4 Å². The quantitative estimate of drug-likeness (QED) is 0.249. The van der Waals surface area contributed by atoms with Gasteiger partial charge >= 0.3 is 24.2 Å². The third kappa shape index (κ3) is 9.62. The van der Waals surface area contributed by atoms with Crippen LogP contribution in [0.25, 0.3) is 0 Å². The van der Waals surface area contributed by atoms with Gasteiger partial charge in [-0.2, -0.15) is 38.1 Å². The first-order chi connectivity index (χ1) is 12.9. The lowest BCUT2D eigenvalue weighted by Gasteiger charge is -2.32. The maximum absolute atomic E-state index is 12.3. The molecule has 0 heterocycles. The number of quaternary nitrogens is 1. The van der Waals surface area contributed by atoms with Gasteiger partial charge in [0, 0.05) is 23.9 Å². The molecular formula is C15H23F10NO2S. The predicted octanol–water partition coefficient (Wildman–Crippen LogP) is 3.42. The Balaban J connectivity index is 0. The molecule has 0 rings (SSSR count). The van der Waals surface area contributed by atoms with Gasteiger partial charge in [-0.3, -0.25) is 4.39 Å². The van der Waals surface area contributed by atoms with Gasteiger partial charge in [-0.25, -0.2) is 13.2 Å². The van der Waals surface area contributed by atoms with Gasteiger partial charge in [0.1, 0.15) is 0 Å². The minimum atomic E-state index is -6.46. The topological polar surface area (TPSA) is 40.1 Å². The molecule has 0 aliphatic rings. The van der Waals surface area contributed by atoms with Crippen LogP contribution in [0.4, 0.5) is 43.9 Å². The minimum Gasteiger partial charge on any atom is -0.550 e. The molecule has 0 aromatic heterocycles. The van der Waals surface area contributed by atoms with Gasteiger partial charge in [-0.1, -0.05) is 0 Å². The zero-order valence-corrected chi connectivity index (χ0v) is 16.7. The summed E-state index contributed by atoms with van der Waals surface area (Å²) in [5.41, 5.74) is 0. The Hall–Kier alpha value is -0.920. The summed E-state index contributed by atoms with van der Waals surface area (Å²) >= 11 is 1.56. The Morgan fingerprint density at radius 1 is 0.966 bits per heavy atom. The van der Waals surface area contributed by atoms with Crippen LogP contribution in [-0.4, -0.2) is 86.2 Å². The fourth-order valence-electron chi connectivity index (χ4n) is 1.58. The number of carbonyl (C=O) groups excluding carboxylic acids is 1. The number of alkyl halides is 10. The molecule has 14 heteroatoms. The predicted molar refractivity (Wildman–Crippen MR) is 86.2 cm³/mol. The minimum absolute atomic E-state index is 0.0841. The molecule has 0 spiro atoms. The monoisotopic (exact) mass is 471 g/mol. The Bertz CT molecular complexity index is 468. The van der Waals surface area contributed by atoms with Crippen molar-refractivity contribution in [1.29, 1.82) is 0 Å².